The van der Waals surface area contributed by atoms with E-state index in [0.717, 1.165) is 45.4 Å². The molecule has 2 aromatic carbocycles. The van der Waals surface area contributed by atoms with E-state index in [2.05, 4.69) is 0 Å². The van der Waals surface area contributed by atoms with E-state index in [1.807, 2.05) is 47.8 Å². The first-order valence-corrected chi connectivity index (χ1v) is 7.85. The number of para-hydroxylation sites is 1. The SMILES string of the molecule is Nc1ccccc1-c1csc(Cc2ccc3c(c2)OCO3)n1. The Morgan fingerprint density at radius 1 is 1.09 bits per heavy atom. The highest BCUT2D eigenvalue weighted by molar-refractivity contribution is 7.10. The van der Waals surface area contributed by atoms with Gasteiger partial charge in [-0.25, -0.2) is 4.98 Å². The largest absolute Gasteiger partial charge is 0.454 e. The number of nitrogen functional groups attached to an aromatic ring is 1. The number of rotatable bonds is 3. The second-order valence-corrected chi connectivity index (χ2v) is 6.02. The minimum Gasteiger partial charge on any atom is -0.454 e. The zero-order valence-corrected chi connectivity index (χ0v) is 12.6. The molecule has 0 aliphatic carbocycles. The van der Waals surface area contributed by atoms with Crippen molar-refractivity contribution < 1.29 is 9.47 Å². The van der Waals surface area contributed by atoms with Crippen LogP contribution < -0.4 is 15.2 Å². The standard InChI is InChI=1S/C17H14N2O2S/c18-13-4-2-1-3-12(13)14-9-22-17(19-14)8-11-5-6-15-16(7-11)21-10-20-15/h1-7,9H,8,10,18H2. The second-order valence-electron chi connectivity index (χ2n) is 5.08. The van der Waals surface area contributed by atoms with E-state index in [9.17, 15) is 0 Å². The fourth-order valence-corrected chi connectivity index (χ4v) is 3.30. The molecule has 0 bridgehead atoms. The Balaban J connectivity index is 1.59. The average Bonchev–Trinajstić information content (AvgIpc) is 3.16. The number of ether oxygens (including phenoxy) is 2. The van der Waals surface area contributed by atoms with E-state index in [1.165, 1.54) is 0 Å². The first kappa shape index (κ1) is 13.2. The number of nitrogens with zero attached hydrogens (tertiary/aromatic N) is 1. The molecule has 5 heteroatoms. The van der Waals surface area contributed by atoms with Crippen molar-refractivity contribution in [3.63, 3.8) is 0 Å². The van der Waals surface area contributed by atoms with Crippen LogP contribution in [0.4, 0.5) is 5.69 Å². The molecule has 4 nitrogen and oxygen atoms in total. The van der Waals surface area contributed by atoms with Gasteiger partial charge >= 0.3 is 0 Å². The minimum absolute atomic E-state index is 0.299. The van der Waals surface area contributed by atoms with E-state index in [-0.39, 0.29) is 0 Å². The van der Waals surface area contributed by atoms with E-state index >= 15 is 0 Å². The highest BCUT2D eigenvalue weighted by atomic mass is 32.1. The lowest BCUT2D eigenvalue weighted by Gasteiger charge is -2.02. The van der Waals surface area contributed by atoms with Gasteiger partial charge < -0.3 is 15.2 Å². The maximum Gasteiger partial charge on any atom is 0.231 e. The fourth-order valence-electron chi connectivity index (χ4n) is 2.47. The predicted octanol–water partition coefficient (Wildman–Crippen LogP) is 3.71. The summed E-state index contributed by atoms with van der Waals surface area (Å²) in [5, 5.41) is 3.10. The number of hydrogen-bond donors (Lipinski definition) is 1. The summed E-state index contributed by atoms with van der Waals surface area (Å²) in [4.78, 5) is 4.70. The van der Waals surface area contributed by atoms with Crippen molar-refractivity contribution in [1.82, 2.24) is 4.98 Å². The van der Waals surface area contributed by atoms with Crippen molar-refractivity contribution in [3.05, 3.63) is 58.4 Å². The van der Waals surface area contributed by atoms with Crippen LogP contribution >= 0.6 is 11.3 Å². The summed E-state index contributed by atoms with van der Waals surface area (Å²) in [6.07, 6.45) is 0.772. The van der Waals surface area contributed by atoms with Crippen LogP contribution in [0.3, 0.4) is 0 Å². The van der Waals surface area contributed by atoms with Crippen LogP contribution in [0.15, 0.2) is 47.8 Å². The monoisotopic (exact) mass is 310 g/mol. The first-order valence-electron chi connectivity index (χ1n) is 6.97. The highest BCUT2D eigenvalue weighted by Gasteiger charge is 2.14. The maximum absolute atomic E-state index is 6.01. The van der Waals surface area contributed by atoms with Crippen molar-refractivity contribution in [2.24, 2.45) is 0 Å². The van der Waals surface area contributed by atoms with E-state index in [0.29, 0.717) is 6.79 Å². The van der Waals surface area contributed by atoms with Gasteiger partial charge in [-0.15, -0.1) is 11.3 Å². The number of nitrogens with two attached hydrogens (primary N) is 1. The third-order valence-electron chi connectivity index (χ3n) is 3.58. The topological polar surface area (TPSA) is 57.4 Å². The number of thiazole rings is 1. The van der Waals surface area contributed by atoms with Gasteiger partial charge in [-0.2, -0.15) is 0 Å². The van der Waals surface area contributed by atoms with Crippen LogP contribution in [-0.2, 0) is 6.42 Å². The van der Waals surface area contributed by atoms with E-state index < -0.39 is 0 Å². The Kier molecular flexibility index (Phi) is 3.20. The molecule has 2 heterocycles. The van der Waals surface area contributed by atoms with Crippen molar-refractivity contribution in [3.8, 4) is 22.8 Å². The van der Waals surface area contributed by atoms with Crippen molar-refractivity contribution >= 4 is 17.0 Å². The minimum atomic E-state index is 0.299. The predicted molar refractivity (Wildman–Crippen MR) is 87.3 cm³/mol. The fraction of sp³-hybridized carbons (Fsp3) is 0.118. The smallest absolute Gasteiger partial charge is 0.231 e. The zero-order chi connectivity index (χ0) is 14.9. The maximum atomic E-state index is 6.01. The molecule has 0 radical (unpaired) electrons. The molecule has 1 aliphatic heterocycles. The molecule has 0 atom stereocenters. The van der Waals surface area contributed by atoms with Gasteiger partial charge in [0.25, 0.3) is 0 Å². The molecule has 0 saturated carbocycles. The van der Waals surface area contributed by atoms with Crippen LogP contribution in [0.2, 0.25) is 0 Å². The number of aromatic nitrogens is 1. The molecular weight excluding hydrogens is 296 g/mol. The van der Waals surface area contributed by atoms with Gasteiger partial charge in [-0.05, 0) is 23.8 Å². The summed E-state index contributed by atoms with van der Waals surface area (Å²) in [5.74, 6) is 1.61. The molecule has 0 unspecified atom stereocenters. The van der Waals surface area contributed by atoms with Gasteiger partial charge in [0.2, 0.25) is 6.79 Å². The van der Waals surface area contributed by atoms with Gasteiger partial charge in [-0.1, -0.05) is 24.3 Å². The lowest BCUT2D eigenvalue weighted by Crippen LogP contribution is -1.93. The van der Waals surface area contributed by atoms with E-state index in [4.69, 9.17) is 20.2 Å². The number of fused-ring (bicyclic) bond motifs is 1. The summed E-state index contributed by atoms with van der Waals surface area (Å²) in [6.45, 7) is 0.299. The molecule has 0 fully saturated rings. The summed E-state index contributed by atoms with van der Waals surface area (Å²) >= 11 is 1.64. The van der Waals surface area contributed by atoms with Crippen LogP contribution in [0, 0.1) is 0 Å². The summed E-state index contributed by atoms with van der Waals surface area (Å²) in [6, 6.07) is 13.8. The van der Waals surface area contributed by atoms with Crippen LogP contribution in [0.5, 0.6) is 11.5 Å². The number of hydrogen-bond acceptors (Lipinski definition) is 5. The van der Waals surface area contributed by atoms with Crippen LogP contribution in [0.25, 0.3) is 11.3 Å². The van der Waals surface area contributed by atoms with Gasteiger partial charge in [0.05, 0.1) is 10.7 Å². The first-order chi connectivity index (χ1) is 10.8. The van der Waals surface area contributed by atoms with Crippen molar-refractivity contribution in [2.75, 3.05) is 12.5 Å². The van der Waals surface area contributed by atoms with Crippen LogP contribution in [-0.4, -0.2) is 11.8 Å². The Labute approximate surface area is 132 Å². The highest BCUT2D eigenvalue weighted by Crippen LogP contribution is 2.34. The molecule has 0 amide bonds. The molecule has 1 aliphatic rings. The van der Waals surface area contributed by atoms with Crippen molar-refractivity contribution in [2.45, 2.75) is 6.42 Å². The third kappa shape index (κ3) is 2.40. The molecule has 4 rings (SSSR count). The Morgan fingerprint density at radius 3 is 2.86 bits per heavy atom. The van der Waals surface area contributed by atoms with Crippen LogP contribution in [0.1, 0.15) is 10.6 Å². The van der Waals surface area contributed by atoms with Gasteiger partial charge in [0.1, 0.15) is 0 Å². The number of anilines is 1. The third-order valence-corrected chi connectivity index (χ3v) is 4.43. The Bertz CT molecular complexity index is 829. The second kappa shape index (κ2) is 5.35. The van der Waals surface area contributed by atoms with E-state index in [1.54, 1.807) is 11.3 Å². The quantitative estimate of drug-likeness (QED) is 0.749. The lowest BCUT2D eigenvalue weighted by molar-refractivity contribution is 0.174. The Morgan fingerprint density at radius 2 is 1.95 bits per heavy atom. The molecule has 0 saturated heterocycles. The van der Waals surface area contributed by atoms with Gasteiger partial charge in [0.15, 0.2) is 11.5 Å². The van der Waals surface area contributed by atoms with Gasteiger partial charge in [0, 0.05) is 23.1 Å². The molecule has 110 valence electrons. The summed E-state index contributed by atoms with van der Waals surface area (Å²) < 4.78 is 10.7. The average molecular weight is 310 g/mol. The molecule has 22 heavy (non-hydrogen) atoms. The normalized spacial score (nSPS) is 12.5. The molecule has 3 aromatic rings. The summed E-state index contributed by atoms with van der Waals surface area (Å²) in [7, 11) is 0. The molecule has 0 spiro atoms. The molecule has 2 N–H and O–H groups in total. The number of benzene rings is 2. The zero-order valence-electron chi connectivity index (χ0n) is 11.8. The molecular formula is C17H14N2O2S. The molecule has 1 aromatic heterocycles. The summed E-state index contributed by atoms with van der Waals surface area (Å²) in [5.41, 5.74) is 9.83. The Hall–Kier alpha value is -2.53. The lowest BCUT2D eigenvalue weighted by atomic mass is 10.1. The van der Waals surface area contributed by atoms with Crippen molar-refractivity contribution in [1.29, 1.82) is 0 Å². The van der Waals surface area contributed by atoms with Gasteiger partial charge in [-0.3, -0.25) is 0 Å².